The molecule has 3 nitrogen and oxygen atoms in total. The first-order chi connectivity index (χ1) is 5.33. The van der Waals surface area contributed by atoms with Crippen LogP contribution < -0.4 is 5.73 Å². The van der Waals surface area contributed by atoms with Gasteiger partial charge in [0.15, 0.2) is 5.82 Å². The Bertz CT molecular complexity index is 255. The van der Waals surface area contributed by atoms with Crippen molar-refractivity contribution < 1.29 is 0 Å². The molecule has 0 aliphatic heterocycles. The van der Waals surface area contributed by atoms with E-state index in [9.17, 15) is 0 Å². The summed E-state index contributed by atoms with van der Waals surface area (Å²) in [5.41, 5.74) is 5.45. The third-order valence-electron chi connectivity index (χ3n) is 1.20. The fourth-order valence-corrected chi connectivity index (χ4v) is 0.692. The second-order valence-corrected chi connectivity index (χ2v) is 2.15. The number of hydrogen-bond donors (Lipinski definition) is 1. The molecule has 3 heteroatoms. The molecule has 1 rings (SSSR count). The minimum absolute atomic E-state index is 0.510. The van der Waals surface area contributed by atoms with Gasteiger partial charge in [0, 0.05) is 6.20 Å². The Balaban J connectivity index is 2.79. The van der Waals surface area contributed by atoms with Gasteiger partial charge in [0.05, 0.1) is 0 Å². The topological polar surface area (TPSA) is 51.8 Å². The van der Waals surface area contributed by atoms with E-state index >= 15 is 0 Å². The summed E-state index contributed by atoms with van der Waals surface area (Å²) < 4.78 is 0. The molecule has 1 aromatic heterocycles. The molecule has 0 aliphatic carbocycles. The van der Waals surface area contributed by atoms with Gasteiger partial charge in [-0.05, 0) is 18.6 Å². The van der Waals surface area contributed by atoms with E-state index in [1.165, 1.54) is 0 Å². The highest BCUT2D eigenvalue weighted by molar-refractivity contribution is 5.42. The number of allylic oxidation sites excluding steroid dienone is 1. The van der Waals surface area contributed by atoms with E-state index in [-0.39, 0.29) is 0 Å². The average Bonchev–Trinajstić information content (AvgIpc) is 2.01. The number of nitrogens with zero attached hydrogens (tertiary/aromatic N) is 2. The average molecular weight is 149 g/mol. The molecule has 0 fully saturated rings. The Morgan fingerprint density at radius 1 is 1.64 bits per heavy atom. The molecule has 0 saturated heterocycles. The van der Waals surface area contributed by atoms with Gasteiger partial charge in [0.1, 0.15) is 5.82 Å². The fraction of sp³-hybridized carbons (Fsp3) is 0.250. The molecule has 2 N–H and O–H groups in total. The molecule has 0 radical (unpaired) electrons. The molecule has 0 bridgehead atoms. The van der Waals surface area contributed by atoms with Crippen LogP contribution in [-0.4, -0.2) is 9.97 Å². The number of nitrogens with two attached hydrogens (primary N) is 1. The Labute approximate surface area is 66.0 Å². The molecule has 0 atom stereocenters. The van der Waals surface area contributed by atoms with Crippen molar-refractivity contribution in [2.75, 3.05) is 5.73 Å². The highest BCUT2D eigenvalue weighted by atomic mass is 14.9. The molecular formula is C8H11N3. The molecule has 0 saturated carbocycles. The zero-order valence-corrected chi connectivity index (χ0v) is 6.49. The summed E-state index contributed by atoms with van der Waals surface area (Å²) in [5, 5.41) is 0. The maximum Gasteiger partial charge on any atom is 0.153 e. The summed E-state index contributed by atoms with van der Waals surface area (Å²) in [7, 11) is 0. The van der Waals surface area contributed by atoms with E-state index in [1.807, 2.05) is 12.2 Å². The molecule has 58 valence electrons. The first kappa shape index (κ1) is 7.72. The molecule has 0 aliphatic rings. The largest absolute Gasteiger partial charge is 0.384 e. The molecule has 0 spiro atoms. The Morgan fingerprint density at radius 2 is 2.45 bits per heavy atom. The zero-order chi connectivity index (χ0) is 8.10. The summed E-state index contributed by atoms with van der Waals surface area (Å²) in [6.07, 6.45) is 6.49. The number of hydrogen-bond acceptors (Lipinski definition) is 3. The number of nitrogen functional groups attached to an aromatic ring is 1. The first-order valence-electron chi connectivity index (χ1n) is 3.58. The highest BCUT2D eigenvalue weighted by Gasteiger charge is 1.88. The third kappa shape index (κ3) is 2.37. The quantitative estimate of drug-likeness (QED) is 0.693. The second kappa shape index (κ2) is 3.71. The number of anilines is 1. The van der Waals surface area contributed by atoms with Crippen molar-refractivity contribution in [3.63, 3.8) is 0 Å². The van der Waals surface area contributed by atoms with Crippen LogP contribution in [0.2, 0.25) is 0 Å². The van der Waals surface area contributed by atoms with E-state index in [1.54, 1.807) is 12.3 Å². The van der Waals surface area contributed by atoms with Gasteiger partial charge in [0.2, 0.25) is 0 Å². The Kier molecular flexibility index (Phi) is 2.60. The normalized spacial score (nSPS) is 10.6. The van der Waals surface area contributed by atoms with E-state index < -0.39 is 0 Å². The van der Waals surface area contributed by atoms with E-state index in [4.69, 9.17) is 5.73 Å². The van der Waals surface area contributed by atoms with E-state index in [0.29, 0.717) is 11.6 Å². The fourth-order valence-electron chi connectivity index (χ4n) is 0.692. The van der Waals surface area contributed by atoms with Gasteiger partial charge in [-0.15, -0.1) is 0 Å². The maximum absolute atomic E-state index is 5.45. The van der Waals surface area contributed by atoms with Gasteiger partial charge < -0.3 is 5.73 Å². The van der Waals surface area contributed by atoms with Gasteiger partial charge in [0.25, 0.3) is 0 Å². The van der Waals surface area contributed by atoms with Crippen molar-refractivity contribution in [1.29, 1.82) is 0 Å². The highest BCUT2D eigenvalue weighted by Crippen LogP contribution is 1.98. The third-order valence-corrected chi connectivity index (χ3v) is 1.20. The van der Waals surface area contributed by atoms with Crippen LogP contribution in [0.4, 0.5) is 5.82 Å². The van der Waals surface area contributed by atoms with Crippen LogP contribution in [0.25, 0.3) is 6.08 Å². The van der Waals surface area contributed by atoms with Gasteiger partial charge in [-0.3, -0.25) is 0 Å². The predicted octanol–water partition coefficient (Wildman–Crippen LogP) is 1.48. The summed E-state index contributed by atoms with van der Waals surface area (Å²) in [4.78, 5) is 7.99. The van der Waals surface area contributed by atoms with Crippen molar-refractivity contribution in [2.45, 2.75) is 13.3 Å². The zero-order valence-electron chi connectivity index (χ0n) is 6.49. The van der Waals surface area contributed by atoms with Crippen LogP contribution in [-0.2, 0) is 0 Å². The second-order valence-electron chi connectivity index (χ2n) is 2.15. The van der Waals surface area contributed by atoms with Crippen molar-refractivity contribution in [3.05, 3.63) is 24.2 Å². The summed E-state index contributed by atoms with van der Waals surface area (Å²) in [5.74, 6) is 1.18. The first-order valence-corrected chi connectivity index (χ1v) is 3.58. The molecule has 0 aromatic carbocycles. The maximum atomic E-state index is 5.45. The van der Waals surface area contributed by atoms with Crippen molar-refractivity contribution >= 4 is 11.9 Å². The molecular weight excluding hydrogens is 138 g/mol. The van der Waals surface area contributed by atoms with Crippen LogP contribution in [0.5, 0.6) is 0 Å². The van der Waals surface area contributed by atoms with Crippen molar-refractivity contribution in [3.8, 4) is 0 Å². The minimum atomic E-state index is 0.510. The lowest BCUT2D eigenvalue weighted by atomic mass is 10.4. The monoisotopic (exact) mass is 149 g/mol. The lowest BCUT2D eigenvalue weighted by molar-refractivity contribution is 1.13. The van der Waals surface area contributed by atoms with Gasteiger partial charge in [-0.1, -0.05) is 13.0 Å². The molecule has 1 aromatic rings. The molecule has 11 heavy (non-hydrogen) atoms. The van der Waals surface area contributed by atoms with Crippen LogP contribution in [0.3, 0.4) is 0 Å². The van der Waals surface area contributed by atoms with Crippen molar-refractivity contribution in [2.24, 2.45) is 0 Å². The summed E-state index contributed by atoms with van der Waals surface area (Å²) in [6.45, 7) is 2.06. The standard InChI is InChI=1S/C8H11N3/c1-2-3-4-8-10-6-5-7(9)11-8/h3-6H,2H2,1H3,(H2,9,10,11). The Hall–Kier alpha value is -1.38. The summed E-state index contributed by atoms with van der Waals surface area (Å²) in [6, 6.07) is 1.67. The van der Waals surface area contributed by atoms with E-state index in [2.05, 4.69) is 16.9 Å². The van der Waals surface area contributed by atoms with Crippen LogP contribution in [0.15, 0.2) is 18.3 Å². The molecule has 1 heterocycles. The lowest BCUT2D eigenvalue weighted by Crippen LogP contribution is -1.93. The smallest absolute Gasteiger partial charge is 0.153 e. The minimum Gasteiger partial charge on any atom is -0.384 e. The van der Waals surface area contributed by atoms with Crippen LogP contribution in [0, 0.1) is 0 Å². The predicted molar refractivity (Wildman–Crippen MR) is 45.8 cm³/mol. The summed E-state index contributed by atoms with van der Waals surface area (Å²) >= 11 is 0. The van der Waals surface area contributed by atoms with Crippen LogP contribution in [0.1, 0.15) is 19.2 Å². The lowest BCUT2D eigenvalue weighted by Gasteiger charge is -1.92. The number of aromatic nitrogens is 2. The van der Waals surface area contributed by atoms with Gasteiger partial charge in [-0.2, -0.15) is 0 Å². The molecule has 0 unspecified atom stereocenters. The van der Waals surface area contributed by atoms with Crippen molar-refractivity contribution in [1.82, 2.24) is 9.97 Å². The van der Waals surface area contributed by atoms with Gasteiger partial charge in [-0.25, -0.2) is 9.97 Å². The Morgan fingerprint density at radius 3 is 3.09 bits per heavy atom. The van der Waals surface area contributed by atoms with Crippen LogP contribution >= 0.6 is 0 Å². The van der Waals surface area contributed by atoms with E-state index in [0.717, 1.165) is 6.42 Å². The number of rotatable bonds is 2. The van der Waals surface area contributed by atoms with Gasteiger partial charge >= 0.3 is 0 Å². The SMILES string of the molecule is CCC=Cc1nccc(N)n1. The molecule has 0 amide bonds.